The molecule has 0 saturated heterocycles. The molecule has 0 spiro atoms. The van der Waals surface area contributed by atoms with Gasteiger partial charge in [-0.05, 0) is 33.3 Å². The van der Waals surface area contributed by atoms with E-state index in [2.05, 4.69) is 41.2 Å². The Labute approximate surface area is 114 Å². The minimum atomic E-state index is 0.128. The van der Waals surface area contributed by atoms with Crippen molar-refractivity contribution < 1.29 is 4.74 Å². The fraction of sp³-hybridized carbons (Fsp3) is 0.375. The highest BCUT2D eigenvalue weighted by atomic mass is 16.5. The molecular weight excluding hydrogens is 236 g/mol. The third-order valence-corrected chi connectivity index (χ3v) is 3.15. The number of aromatic nitrogens is 2. The molecule has 0 fully saturated rings. The van der Waals surface area contributed by atoms with E-state index >= 15 is 0 Å². The summed E-state index contributed by atoms with van der Waals surface area (Å²) < 4.78 is 5.59. The molecule has 1 atom stereocenters. The molecule has 1 aromatic carbocycles. The SMILES string of the molecule is CCOC(C)c1ccc(-c2nc(C)cnc2C)cc1. The largest absolute Gasteiger partial charge is 0.374 e. The van der Waals surface area contributed by atoms with Gasteiger partial charge in [0.05, 0.1) is 23.2 Å². The van der Waals surface area contributed by atoms with E-state index in [1.165, 1.54) is 5.56 Å². The van der Waals surface area contributed by atoms with Crippen LogP contribution in [0.5, 0.6) is 0 Å². The standard InChI is InChI=1S/C16H20N2O/c1-5-19-13(4)14-6-8-15(9-7-14)16-12(3)17-10-11(2)18-16/h6-10,13H,5H2,1-4H3. The van der Waals surface area contributed by atoms with Crippen molar-refractivity contribution in [3.63, 3.8) is 0 Å². The van der Waals surface area contributed by atoms with Gasteiger partial charge in [-0.1, -0.05) is 24.3 Å². The highest BCUT2D eigenvalue weighted by Crippen LogP contribution is 2.23. The van der Waals surface area contributed by atoms with E-state index < -0.39 is 0 Å². The van der Waals surface area contributed by atoms with Crippen LogP contribution in [0.25, 0.3) is 11.3 Å². The zero-order valence-electron chi connectivity index (χ0n) is 12.0. The highest BCUT2D eigenvalue weighted by Gasteiger charge is 2.08. The van der Waals surface area contributed by atoms with Crippen LogP contribution in [0.4, 0.5) is 0 Å². The van der Waals surface area contributed by atoms with Crippen LogP contribution in [-0.2, 0) is 4.74 Å². The molecule has 1 aromatic heterocycles. The number of benzene rings is 1. The molecule has 0 aliphatic rings. The predicted molar refractivity (Wildman–Crippen MR) is 77.0 cm³/mol. The first-order valence-corrected chi connectivity index (χ1v) is 6.64. The summed E-state index contributed by atoms with van der Waals surface area (Å²) in [6.07, 6.45) is 1.92. The molecule has 3 nitrogen and oxygen atoms in total. The Morgan fingerprint density at radius 1 is 1.16 bits per heavy atom. The first-order chi connectivity index (χ1) is 9.11. The van der Waals surface area contributed by atoms with E-state index in [1.807, 2.05) is 20.8 Å². The van der Waals surface area contributed by atoms with Crippen LogP contribution < -0.4 is 0 Å². The van der Waals surface area contributed by atoms with Crippen molar-refractivity contribution in [3.8, 4) is 11.3 Å². The second-order valence-electron chi connectivity index (χ2n) is 4.66. The third kappa shape index (κ3) is 3.18. The van der Waals surface area contributed by atoms with Crippen molar-refractivity contribution in [2.24, 2.45) is 0 Å². The average Bonchev–Trinajstić information content (AvgIpc) is 2.42. The van der Waals surface area contributed by atoms with E-state index in [0.29, 0.717) is 0 Å². The van der Waals surface area contributed by atoms with Crippen LogP contribution >= 0.6 is 0 Å². The van der Waals surface area contributed by atoms with Crippen LogP contribution in [0, 0.1) is 13.8 Å². The smallest absolute Gasteiger partial charge is 0.0917 e. The monoisotopic (exact) mass is 256 g/mol. The van der Waals surface area contributed by atoms with Gasteiger partial charge in [-0.15, -0.1) is 0 Å². The number of rotatable bonds is 4. The molecule has 3 heteroatoms. The second kappa shape index (κ2) is 5.93. The van der Waals surface area contributed by atoms with Crippen molar-refractivity contribution in [2.45, 2.75) is 33.8 Å². The van der Waals surface area contributed by atoms with Gasteiger partial charge in [0.25, 0.3) is 0 Å². The van der Waals surface area contributed by atoms with Crippen LogP contribution in [0.3, 0.4) is 0 Å². The summed E-state index contributed by atoms with van der Waals surface area (Å²) >= 11 is 0. The fourth-order valence-corrected chi connectivity index (χ4v) is 2.07. The first kappa shape index (κ1) is 13.7. The van der Waals surface area contributed by atoms with Crippen molar-refractivity contribution >= 4 is 0 Å². The summed E-state index contributed by atoms with van der Waals surface area (Å²) in [6.45, 7) is 8.75. The molecule has 2 aromatic rings. The normalized spacial score (nSPS) is 12.4. The first-order valence-electron chi connectivity index (χ1n) is 6.64. The van der Waals surface area contributed by atoms with Gasteiger partial charge in [0.15, 0.2) is 0 Å². The predicted octanol–water partition coefficient (Wildman–Crippen LogP) is 3.86. The Morgan fingerprint density at radius 2 is 1.84 bits per heavy atom. The molecule has 100 valence electrons. The van der Waals surface area contributed by atoms with Crippen molar-refractivity contribution in [1.82, 2.24) is 9.97 Å². The number of aryl methyl sites for hydroxylation is 2. The molecule has 0 radical (unpaired) electrons. The second-order valence-corrected chi connectivity index (χ2v) is 4.66. The quantitative estimate of drug-likeness (QED) is 0.833. The van der Waals surface area contributed by atoms with Crippen molar-refractivity contribution in [2.75, 3.05) is 6.61 Å². The molecule has 1 unspecified atom stereocenters. The van der Waals surface area contributed by atoms with Gasteiger partial charge < -0.3 is 4.74 Å². The fourth-order valence-electron chi connectivity index (χ4n) is 2.07. The summed E-state index contributed by atoms with van der Waals surface area (Å²) in [7, 11) is 0. The third-order valence-electron chi connectivity index (χ3n) is 3.15. The van der Waals surface area contributed by atoms with E-state index in [1.54, 1.807) is 6.20 Å². The number of ether oxygens (including phenoxy) is 1. The molecule has 0 saturated carbocycles. The van der Waals surface area contributed by atoms with Crippen molar-refractivity contribution in [3.05, 3.63) is 47.4 Å². The zero-order valence-corrected chi connectivity index (χ0v) is 12.0. The molecule has 19 heavy (non-hydrogen) atoms. The summed E-state index contributed by atoms with van der Waals surface area (Å²) in [5.41, 5.74) is 5.13. The van der Waals surface area contributed by atoms with Gasteiger partial charge in [0, 0.05) is 18.4 Å². The lowest BCUT2D eigenvalue weighted by molar-refractivity contribution is 0.0764. The van der Waals surface area contributed by atoms with Gasteiger partial charge in [-0.25, -0.2) is 4.98 Å². The van der Waals surface area contributed by atoms with Crippen LogP contribution in [0.15, 0.2) is 30.5 Å². The molecule has 0 N–H and O–H groups in total. The number of nitrogens with zero attached hydrogens (tertiary/aromatic N) is 2. The Hall–Kier alpha value is -1.74. The van der Waals surface area contributed by atoms with Crippen LogP contribution in [0.2, 0.25) is 0 Å². The van der Waals surface area contributed by atoms with E-state index in [-0.39, 0.29) is 6.10 Å². The Balaban J connectivity index is 2.29. The Morgan fingerprint density at radius 3 is 2.47 bits per heavy atom. The van der Waals surface area contributed by atoms with Gasteiger partial charge >= 0.3 is 0 Å². The van der Waals surface area contributed by atoms with Crippen LogP contribution in [-0.4, -0.2) is 16.6 Å². The topological polar surface area (TPSA) is 35.0 Å². The summed E-state index contributed by atoms with van der Waals surface area (Å²) in [5.74, 6) is 0. The Bertz CT molecular complexity index is 549. The van der Waals surface area contributed by atoms with E-state index in [4.69, 9.17) is 4.74 Å². The molecule has 0 aliphatic heterocycles. The number of hydrogen-bond donors (Lipinski definition) is 0. The van der Waals surface area contributed by atoms with E-state index in [0.717, 1.165) is 29.3 Å². The zero-order chi connectivity index (χ0) is 13.8. The van der Waals surface area contributed by atoms with E-state index in [9.17, 15) is 0 Å². The molecule has 0 bridgehead atoms. The maximum absolute atomic E-state index is 5.59. The molecule has 2 rings (SSSR count). The summed E-state index contributed by atoms with van der Waals surface area (Å²) in [4.78, 5) is 8.91. The lowest BCUT2D eigenvalue weighted by atomic mass is 10.0. The number of hydrogen-bond acceptors (Lipinski definition) is 3. The van der Waals surface area contributed by atoms with Gasteiger partial charge in [0.2, 0.25) is 0 Å². The van der Waals surface area contributed by atoms with Gasteiger partial charge in [-0.3, -0.25) is 4.98 Å². The maximum atomic E-state index is 5.59. The summed E-state index contributed by atoms with van der Waals surface area (Å²) in [5, 5.41) is 0. The molecule has 0 amide bonds. The van der Waals surface area contributed by atoms with Gasteiger partial charge in [0.1, 0.15) is 0 Å². The molecule has 0 aliphatic carbocycles. The minimum Gasteiger partial charge on any atom is -0.374 e. The molecular formula is C16H20N2O. The highest BCUT2D eigenvalue weighted by molar-refractivity contribution is 5.61. The average molecular weight is 256 g/mol. The Kier molecular flexibility index (Phi) is 4.27. The minimum absolute atomic E-state index is 0.128. The van der Waals surface area contributed by atoms with Gasteiger partial charge in [-0.2, -0.15) is 0 Å². The lowest BCUT2D eigenvalue weighted by Gasteiger charge is -2.12. The van der Waals surface area contributed by atoms with Crippen molar-refractivity contribution in [1.29, 1.82) is 0 Å². The lowest BCUT2D eigenvalue weighted by Crippen LogP contribution is -1.99. The maximum Gasteiger partial charge on any atom is 0.0917 e. The van der Waals surface area contributed by atoms with Crippen LogP contribution in [0.1, 0.15) is 36.9 Å². The molecule has 1 heterocycles. The summed E-state index contributed by atoms with van der Waals surface area (Å²) in [6, 6.07) is 8.36.